The Bertz CT molecular complexity index is 1270. The van der Waals surface area contributed by atoms with E-state index in [1.54, 1.807) is 12.4 Å². The molecule has 0 saturated carbocycles. The lowest BCUT2D eigenvalue weighted by Crippen LogP contribution is -2.47. The highest BCUT2D eigenvalue weighted by Crippen LogP contribution is 2.29. The number of para-hydroxylation sites is 1. The van der Waals surface area contributed by atoms with Crippen molar-refractivity contribution in [3.8, 4) is 0 Å². The number of carbonyl (C=O) groups is 1. The van der Waals surface area contributed by atoms with E-state index in [0.29, 0.717) is 12.2 Å². The van der Waals surface area contributed by atoms with Crippen LogP contribution in [-0.4, -0.2) is 47.3 Å². The summed E-state index contributed by atoms with van der Waals surface area (Å²) in [5.74, 6) is 0.547. The summed E-state index contributed by atoms with van der Waals surface area (Å²) >= 11 is 6.38. The maximum Gasteiger partial charge on any atom is 0.272 e. The monoisotopic (exact) mass is 458 g/mol. The van der Waals surface area contributed by atoms with Gasteiger partial charge in [-0.1, -0.05) is 54.1 Å². The van der Waals surface area contributed by atoms with E-state index in [4.69, 9.17) is 11.6 Å². The number of amides is 1. The van der Waals surface area contributed by atoms with Crippen LogP contribution in [0.2, 0.25) is 5.02 Å². The molecule has 8 heteroatoms. The quantitative estimate of drug-likeness (QED) is 0.488. The molecule has 0 atom stereocenters. The molecule has 1 aliphatic rings. The molecule has 1 amide bonds. The summed E-state index contributed by atoms with van der Waals surface area (Å²) in [5, 5.41) is 14.2. The van der Waals surface area contributed by atoms with Crippen molar-refractivity contribution >= 4 is 39.8 Å². The van der Waals surface area contributed by atoms with Crippen LogP contribution in [-0.2, 0) is 6.54 Å². The van der Waals surface area contributed by atoms with Crippen LogP contribution in [0.1, 0.15) is 16.1 Å². The number of rotatable bonds is 5. The Hall–Kier alpha value is -3.71. The molecule has 0 aliphatic carbocycles. The van der Waals surface area contributed by atoms with Gasteiger partial charge in [-0.05, 0) is 23.8 Å². The lowest BCUT2D eigenvalue weighted by molar-refractivity contribution is 0.0947. The zero-order valence-electron chi connectivity index (χ0n) is 18.0. The minimum atomic E-state index is -0.252. The summed E-state index contributed by atoms with van der Waals surface area (Å²) in [6, 6.07) is 19.5. The van der Waals surface area contributed by atoms with Crippen LogP contribution in [0.4, 0.5) is 11.5 Å². The van der Waals surface area contributed by atoms with Crippen LogP contribution in [0, 0.1) is 0 Å². The molecule has 2 aromatic heterocycles. The number of piperazine rings is 1. The number of hydrogen-bond donors (Lipinski definition) is 1. The Morgan fingerprint density at radius 2 is 1.61 bits per heavy atom. The first-order chi connectivity index (χ1) is 16.2. The highest BCUT2D eigenvalue weighted by molar-refractivity contribution is 6.33. The maximum absolute atomic E-state index is 12.9. The Morgan fingerprint density at radius 1 is 0.879 bits per heavy atom. The number of fused-ring (bicyclic) bond motifs is 1. The van der Waals surface area contributed by atoms with Gasteiger partial charge in [0.25, 0.3) is 5.91 Å². The van der Waals surface area contributed by atoms with Gasteiger partial charge in [0.05, 0.1) is 10.7 Å². The molecule has 0 spiro atoms. The zero-order valence-corrected chi connectivity index (χ0v) is 18.7. The average molecular weight is 459 g/mol. The number of anilines is 2. The van der Waals surface area contributed by atoms with Gasteiger partial charge in [0.15, 0.2) is 11.5 Å². The van der Waals surface area contributed by atoms with E-state index in [2.05, 4.69) is 30.3 Å². The van der Waals surface area contributed by atoms with E-state index in [0.717, 1.165) is 59.0 Å². The molecule has 0 bridgehead atoms. The predicted molar refractivity (Wildman–Crippen MR) is 131 cm³/mol. The molecule has 166 valence electrons. The molecule has 1 fully saturated rings. The van der Waals surface area contributed by atoms with Crippen LogP contribution in [0.25, 0.3) is 10.8 Å². The topological polar surface area (TPSA) is 74.2 Å². The van der Waals surface area contributed by atoms with Crippen molar-refractivity contribution in [2.24, 2.45) is 0 Å². The normalized spacial score (nSPS) is 13.8. The summed E-state index contributed by atoms with van der Waals surface area (Å²) in [4.78, 5) is 21.5. The lowest BCUT2D eigenvalue weighted by Gasteiger charge is -2.37. The first-order valence-electron chi connectivity index (χ1n) is 10.9. The largest absolute Gasteiger partial charge is 0.367 e. The van der Waals surface area contributed by atoms with E-state index in [1.165, 1.54) is 0 Å². The Morgan fingerprint density at radius 3 is 2.36 bits per heavy atom. The van der Waals surface area contributed by atoms with E-state index < -0.39 is 0 Å². The minimum Gasteiger partial charge on any atom is -0.367 e. The Labute approximate surface area is 197 Å². The van der Waals surface area contributed by atoms with Crippen LogP contribution in [0.3, 0.4) is 0 Å². The molecule has 7 nitrogen and oxygen atoms in total. The molecule has 1 N–H and O–H groups in total. The minimum absolute atomic E-state index is 0.252. The first-order valence-corrected chi connectivity index (χ1v) is 11.3. The zero-order chi connectivity index (χ0) is 22.6. The van der Waals surface area contributed by atoms with Gasteiger partial charge in [0, 0.05) is 55.9 Å². The highest BCUT2D eigenvalue weighted by Gasteiger charge is 2.23. The molecule has 1 aliphatic heterocycles. The molecule has 4 aromatic rings. The molecule has 1 saturated heterocycles. The van der Waals surface area contributed by atoms with Gasteiger partial charge in [-0.15, -0.1) is 10.2 Å². The van der Waals surface area contributed by atoms with E-state index in [9.17, 15) is 4.79 Å². The van der Waals surface area contributed by atoms with Crippen molar-refractivity contribution in [2.45, 2.75) is 6.54 Å². The Kier molecular flexibility index (Phi) is 6.04. The fourth-order valence-electron chi connectivity index (χ4n) is 4.13. The van der Waals surface area contributed by atoms with E-state index in [1.807, 2.05) is 60.7 Å². The molecule has 2 aromatic carbocycles. The van der Waals surface area contributed by atoms with Crippen LogP contribution in [0.15, 0.2) is 73.1 Å². The number of nitrogens with zero attached hydrogens (tertiary/aromatic N) is 5. The van der Waals surface area contributed by atoms with Gasteiger partial charge in [-0.3, -0.25) is 9.78 Å². The first kappa shape index (κ1) is 21.2. The second kappa shape index (κ2) is 9.42. The SMILES string of the molecule is O=C(NCc1cccnc1)c1nnc(N2CCN(c3ccccc3Cl)CC2)c2ccccc12. The standard InChI is InChI=1S/C25H23ClN6O/c26-21-9-3-4-10-22(21)31-12-14-32(15-13-31)24-20-8-2-1-7-19(20)23(29-30-24)25(33)28-17-18-6-5-11-27-16-18/h1-11,16H,12-15,17H2,(H,28,33). The van der Waals surface area contributed by atoms with Crippen molar-refractivity contribution < 1.29 is 4.79 Å². The van der Waals surface area contributed by atoms with Crippen molar-refractivity contribution in [2.75, 3.05) is 36.0 Å². The third-order valence-corrected chi connectivity index (χ3v) is 6.15. The van der Waals surface area contributed by atoms with E-state index in [-0.39, 0.29) is 5.91 Å². The summed E-state index contributed by atoms with van der Waals surface area (Å²) in [6.07, 6.45) is 3.44. The molecule has 0 unspecified atom stereocenters. The number of hydrogen-bond acceptors (Lipinski definition) is 6. The molecule has 3 heterocycles. The summed E-state index contributed by atoms with van der Waals surface area (Å²) in [5.41, 5.74) is 2.31. The summed E-state index contributed by atoms with van der Waals surface area (Å²) in [7, 11) is 0. The fraction of sp³-hybridized carbons (Fsp3) is 0.200. The lowest BCUT2D eigenvalue weighted by atomic mass is 10.1. The van der Waals surface area contributed by atoms with Gasteiger partial charge >= 0.3 is 0 Å². The van der Waals surface area contributed by atoms with Gasteiger partial charge in [0.2, 0.25) is 0 Å². The van der Waals surface area contributed by atoms with Gasteiger partial charge in [-0.25, -0.2) is 0 Å². The van der Waals surface area contributed by atoms with Crippen molar-refractivity contribution in [3.63, 3.8) is 0 Å². The average Bonchev–Trinajstić information content (AvgIpc) is 2.88. The molecule has 5 rings (SSSR count). The summed E-state index contributed by atoms with van der Waals surface area (Å²) in [6.45, 7) is 3.61. The van der Waals surface area contributed by atoms with E-state index >= 15 is 0 Å². The molecule has 0 radical (unpaired) electrons. The van der Waals surface area contributed by atoms with Crippen LogP contribution < -0.4 is 15.1 Å². The number of aromatic nitrogens is 3. The number of pyridine rings is 1. The number of halogens is 1. The summed E-state index contributed by atoms with van der Waals surface area (Å²) < 4.78 is 0. The predicted octanol–water partition coefficient (Wildman–Crippen LogP) is 3.93. The third kappa shape index (κ3) is 4.45. The van der Waals surface area contributed by atoms with Crippen LogP contribution >= 0.6 is 11.6 Å². The molecule has 33 heavy (non-hydrogen) atoms. The second-order valence-electron chi connectivity index (χ2n) is 7.89. The van der Waals surface area contributed by atoms with Gasteiger partial charge < -0.3 is 15.1 Å². The Balaban J connectivity index is 1.35. The van der Waals surface area contributed by atoms with Gasteiger partial charge in [0.1, 0.15) is 0 Å². The number of carbonyl (C=O) groups excluding carboxylic acids is 1. The van der Waals surface area contributed by atoms with Crippen molar-refractivity contribution in [3.05, 3.63) is 89.3 Å². The highest BCUT2D eigenvalue weighted by atomic mass is 35.5. The number of nitrogens with one attached hydrogen (secondary N) is 1. The van der Waals surface area contributed by atoms with Crippen molar-refractivity contribution in [1.29, 1.82) is 0 Å². The van der Waals surface area contributed by atoms with Crippen molar-refractivity contribution in [1.82, 2.24) is 20.5 Å². The fourth-order valence-corrected chi connectivity index (χ4v) is 4.38. The number of benzene rings is 2. The molecular formula is C25H23ClN6O. The maximum atomic E-state index is 12.9. The molecular weight excluding hydrogens is 436 g/mol. The second-order valence-corrected chi connectivity index (χ2v) is 8.29. The third-order valence-electron chi connectivity index (χ3n) is 5.83. The smallest absolute Gasteiger partial charge is 0.272 e. The van der Waals surface area contributed by atoms with Crippen LogP contribution in [0.5, 0.6) is 0 Å². The van der Waals surface area contributed by atoms with Gasteiger partial charge in [-0.2, -0.15) is 0 Å².